The second-order valence-corrected chi connectivity index (χ2v) is 2.64. The van der Waals surface area contributed by atoms with E-state index in [0.29, 0.717) is 0 Å². The SMILES string of the molecule is NC(O)[C@H](O)[C@H]1OC(=O)C(O)C1=O. The molecule has 1 aliphatic heterocycles. The highest BCUT2D eigenvalue weighted by atomic mass is 16.6. The van der Waals surface area contributed by atoms with Crippen LogP contribution in [-0.2, 0) is 14.3 Å². The highest BCUT2D eigenvalue weighted by molar-refractivity contribution is 6.09. The van der Waals surface area contributed by atoms with Gasteiger partial charge in [0, 0.05) is 0 Å². The van der Waals surface area contributed by atoms with Crippen molar-refractivity contribution in [1.29, 1.82) is 0 Å². The Morgan fingerprint density at radius 2 is 1.92 bits per heavy atom. The van der Waals surface area contributed by atoms with Crippen LogP contribution in [0.3, 0.4) is 0 Å². The molecule has 2 unspecified atom stereocenters. The molecule has 1 heterocycles. The van der Waals surface area contributed by atoms with E-state index in [0.717, 1.165) is 0 Å². The molecule has 0 bridgehead atoms. The molecule has 1 aliphatic rings. The molecule has 0 aromatic carbocycles. The van der Waals surface area contributed by atoms with Crippen molar-refractivity contribution in [1.82, 2.24) is 0 Å². The highest BCUT2D eigenvalue weighted by Gasteiger charge is 2.47. The second kappa shape index (κ2) is 3.38. The van der Waals surface area contributed by atoms with Crippen molar-refractivity contribution in [3.63, 3.8) is 0 Å². The standard InChI is InChI=1S/C6H9NO6/c7-5(11)3(10)4-1(8)2(9)6(12)13-4/h2-5,9-11H,7H2/t2?,3-,4+,5?/m1/s1. The number of aliphatic hydroxyl groups is 3. The van der Waals surface area contributed by atoms with E-state index >= 15 is 0 Å². The molecule has 74 valence electrons. The summed E-state index contributed by atoms with van der Waals surface area (Å²) in [4.78, 5) is 21.5. The third-order valence-corrected chi connectivity index (χ3v) is 1.68. The van der Waals surface area contributed by atoms with E-state index in [1.54, 1.807) is 0 Å². The minimum absolute atomic E-state index is 0.998. The monoisotopic (exact) mass is 191 g/mol. The first-order chi connectivity index (χ1) is 5.95. The summed E-state index contributed by atoms with van der Waals surface area (Å²) in [5.74, 6) is -2.14. The molecular formula is C6H9NO6. The first kappa shape index (κ1) is 10.1. The zero-order valence-electron chi connectivity index (χ0n) is 6.45. The summed E-state index contributed by atoms with van der Waals surface area (Å²) >= 11 is 0. The Hall–Kier alpha value is -1.02. The van der Waals surface area contributed by atoms with Crippen LogP contribution < -0.4 is 5.73 Å². The lowest BCUT2D eigenvalue weighted by atomic mass is 10.1. The molecule has 5 N–H and O–H groups in total. The van der Waals surface area contributed by atoms with Gasteiger partial charge in [0.05, 0.1) is 0 Å². The first-order valence-electron chi connectivity index (χ1n) is 3.49. The largest absolute Gasteiger partial charge is 0.449 e. The van der Waals surface area contributed by atoms with Crippen LogP contribution in [-0.4, -0.2) is 51.6 Å². The fourth-order valence-corrected chi connectivity index (χ4v) is 0.937. The van der Waals surface area contributed by atoms with Gasteiger partial charge < -0.3 is 25.8 Å². The maximum Gasteiger partial charge on any atom is 0.343 e. The van der Waals surface area contributed by atoms with E-state index in [9.17, 15) is 9.59 Å². The topological polar surface area (TPSA) is 130 Å². The number of esters is 1. The summed E-state index contributed by atoms with van der Waals surface area (Å²) in [5, 5.41) is 26.5. The number of ketones is 1. The molecule has 0 spiro atoms. The average molecular weight is 191 g/mol. The van der Waals surface area contributed by atoms with Crippen molar-refractivity contribution in [2.75, 3.05) is 0 Å². The van der Waals surface area contributed by atoms with Gasteiger partial charge in [0.15, 0.2) is 6.10 Å². The summed E-state index contributed by atoms with van der Waals surface area (Å²) in [6.07, 6.45) is -6.89. The fraction of sp³-hybridized carbons (Fsp3) is 0.667. The van der Waals surface area contributed by atoms with Crippen LogP contribution >= 0.6 is 0 Å². The molecule has 0 amide bonds. The molecule has 0 aromatic rings. The summed E-state index contributed by atoms with van der Waals surface area (Å²) in [6, 6.07) is 0. The third-order valence-electron chi connectivity index (χ3n) is 1.68. The van der Waals surface area contributed by atoms with Gasteiger partial charge in [-0.05, 0) is 0 Å². The second-order valence-electron chi connectivity index (χ2n) is 2.64. The quantitative estimate of drug-likeness (QED) is 0.202. The lowest BCUT2D eigenvalue weighted by Gasteiger charge is -2.17. The summed E-state index contributed by atoms with van der Waals surface area (Å²) in [6.45, 7) is 0. The van der Waals surface area contributed by atoms with Gasteiger partial charge in [-0.2, -0.15) is 0 Å². The predicted octanol–water partition coefficient (Wildman–Crippen LogP) is -3.52. The number of carbonyl (C=O) groups excluding carboxylic acids is 2. The average Bonchev–Trinajstić information content (AvgIpc) is 2.31. The number of ether oxygens (including phenoxy) is 1. The number of hydrogen-bond donors (Lipinski definition) is 4. The molecule has 0 aliphatic carbocycles. The van der Waals surface area contributed by atoms with Gasteiger partial charge >= 0.3 is 5.97 Å². The number of Topliss-reactive ketones (excluding diaryl/α,β-unsaturated/α-hetero) is 1. The van der Waals surface area contributed by atoms with Crippen LogP contribution in [0, 0.1) is 0 Å². The molecule has 0 saturated carbocycles. The Morgan fingerprint density at radius 1 is 1.38 bits per heavy atom. The first-order valence-corrected chi connectivity index (χ1v) is 3.49. The van der Waals surface area contributed by atoms with Gasteiger partial charge in [-0.1, -0.05) is 0 Å². The molecule has 7 nitrogen and oxygen atoms in total. The zero-order chi connectivity index (χ0) is 10.2. The van der Waals surface area contributed by atoms with Gasteiger partial charge in [-0.3, -0.25) is 4.79 Å². The number of hydrogen-bond acceptors (Lipinski definition) is 7. The third kappa shape index (κ3) is 1.68. The van der Waals surface area contributed by atoms with Crippen molar-refractivity contribution in [2.45, 2.75) is 24.5 Å². The van der Waals surface area contributed by atoms with Gasteiger partial charge in [-0.15, -0.1) is 0 Å². The maximum absolute atomic E-state index is 10.9. The molecule has 4 atom stereocenters. The highest BCUT2D eigenvalue weighted by Crippen LogP contribution is 2.15. The molecule has 1 rings (SSSR count). The lowest BCUT2D eigenvalue weighted by Crippen LogP contribution is -2.46. The van der Waals surface area contributed by atoms with E-state index in [-0.39, 0.29) is 0 Å². The Morgan fingerprint density at radius 3 is 2.23 bits per heavy atom. The molecular weight excluding hydrogens is 182 g/mol. The number of aliphatic hydroxyl groups excluding tert-OH is 3. The maximum atomic E-state index is 10.9. The molecule has 0 radical (unpaired) electrons. The van der Waals surface area contributed by atoms with Crippen LogP contribution in [0.2, 0.25) is 0 Å². The van der Waals surface area contributed by atoms with E-state index in [4.69, 9.17) is 21.1 Å². The van der Waals surface area contributed by atoms with Crippen molar-refractivity contribution in [3.05, 3.63) is 0 Å². The van der Waals surface area contributed by atoms with Gasteiger partial charge in [0.1, 0.15) is 12.3 Å². The fourth-order valence-electron chi connectivity index (χ4n) is 0.937. The number of carbonyl (C=O) groups is 2. The molecule has 0 aromatic heterocycles. The van der Waals surface area contributed by atoms with Crippen LogP contribution in [0.15, 0.2) is 0 Å². The van der Waals surface area contributed by atoms with Gasteiger partial charge in [-0.25, -0.2) is 4.79 Å². The Bertz CT molecular complexity index is 239. The molecule has 1 saturated heterocycles. The van der Waals surface area contributed by atoms with Gasteiger partial charge in [0.25, 0.3) is 0 Å². The van der Waals surface area contributed by atoms with Crippen LogP contribution in [0.1, 0.15) is 0 Å². The van der Waals surface area contributed by atoms with E-state index in [1.165, 1.54) is 0 Å². The van der Waals surface area contributed by atoms with E-state index in [2.05, 4.69) is 4.74 Å². The van der Waals surface area contributed by atoms with E-state index < -0.39 is 36.3 Å². The number of rotatable bonds is 2. The Kier molecular flexibility index (Phi) is 2.62. The molecule has 13 heavy (non-hydrogen) atoms. The summed E-state index contributed by atoms with van der Waals surface area (Å²) in [5.41, 5.74) is 4.85. The zero-order valence-corrected chi connectivity index (χ0v) is 6.45. The van der Waals surface area contributed by atoms with Crippen molar-refractivity contribution < 1.29 is 29.6 Å². The predicted molar refractivity (Wildman–Crippen MR) is 37.1 cm³/mol. The van der Waals surface area contributed by atoms with Crippen molar-refractivity contribution in [3.8, 4) is 0 Å². The number of nitrogens with two attached hydrogens (primary N) is 1. The van der Waals surface area contributed by atoms with Crippen LogP contribution in [0.4, 0.5) is 0 Å². The van der Waals surface area contributed by atoms with E-state index in [1.807, 2.05) is 0 Å². The Labute approximate surface area is 72.7 Å². The van der Waals surface area contributed by atoms with Crippen LogP contribution in [0.5, 0.6) is 0 Å². The molecule has 7 heteroatoms. The van der Waals surface area contributed by atoms with Gasteiger partial charge in [0.2, 0.25) is 11.9 Å². The summed E-state index contributed by atoms with van der Waals surface area (Å²) < 4.78 is 4.28. The minimum Gasteiger partial charge on any atom is -0.449 e. The van der Waals surface area contributed by atoms with Crippen LogP contribution in [0.25, 0.3) is 0 Å². The minimum atomic E-state index is -1.89. The van der Waals surface area contributed by atoms with Crippen molar-refractivity contribution in [2.24, 2.45) is 5.73 Å². The smallest absolute Gasteiger partial charge is 0.343 e. The normalized spacial score (nSPS) is 32.9. The van der Waals surface area contributed by atoms with Crippen molar-refractivity contribution >= 4 is 11.8 Å². The lowest BCUT2D eigenvalue weighted by molar-refractivity contribution is -0.153. The number of cyclic esters (lactones) is 1. The summed E-state index contributed by atoms with van der Waals surface area (Å²) in [7, 11) is 0. The molecule has 1 fully saturated rings. The Balaban J connectivity index is 2.74.